The average Bonchev–Trinajstić information content (AvgIpc) is 3.36. The highest BCUT2D eigenvalue weighted by molar-refractivity contribution is 5.83. The smallest absolute Gasteiger partial charge is 0.344 e. The Hall–Kier alpha value is -3.61. The van der Waals surface area contributed by atoms with Gasteiger partial charge in [-0.15, -0.1) is 5.10 Å². The Morgan fingerprint density at radius 2 is 2.00 bits per heavy atom. The summed E-state index contributed by atoms with van der Waals surface area (Å²) >= 11 is 0. The van der Waals surface area contributed by atoms with Gasteiger partial charge in [-0.1, -0.05) is 48.5 Å². The summed E-state index contributed by atoms with van der Waals surface area (Å²) in [4.78, 5) is 14.6. The number of nitrogens with one attached hydrogen (secondary N) is 1. The molecule has 2 aromatic carbocycles. The number of ether oxygens (including phenoxy) is 1. The second-order valence-electron chi connectivity index (χ2n) is 6.48. The minimum absolute atomic E-state index is 0.236. The molecule has 0 saturated heterocycles. The van der Waals surface area contributed by atoms with Crippen LogP contribution in [0.4, 0.5) is 4.79 Å². The first-order chi connectivity index (χ1) is 13.7. The number of carbonyl (C=O) groups is 1. The second kappa shape index (κ2) is 7.56. The van der Waals surface area contributed by atoms with Crippen molar-refractivity contribution in [1.29, 1.82) is 0 Å². The number of hydrogen-bond donors (Lipinski definition) is 1. The number of aromatic amines is 1. The van der Waals surface area contributed by atoms with Crippen molar-refractivity contribution in [2.75, 3.05) is 13.7 Å². The zero-order chi connectivity index (χ0) is 19.5. The molecular formula is C21H21N5O2. The van der Waals surface area contributed by atoms with Crippen LogP contribution in [0.2, 0.25) is 0 Å². The van der Waals surface area contributed by atoms with Gasteiger partial charge in [0, 0.05) is 25.2 Å². The van der Waals surface area contributed by atoms with Gasteiger partial charge in [0.05, 0.1) is 23.9 Å². The molecule has 1 N–H and O–H groups in total. The van der Waals surface area contributed by atoms with Gasteiger partial charge in [-0.2, -0.15) is 9.78 Å². The van der Waals surface area contributed by atoms with E-state index in [1.165, 1.54) is 4.68 Å². The van der Waals surface area contributed by atoms with Crippen LogP contribution in [0, 0.1) is 0 Å². The third-order valence-electron chi connectivity index (χ3n) is 4.54. The van der Waals surface area contributed by atoms with Crippen molar-refractivity contribution < 1.29 is 9.53 Å². The highest BCUT2D eigenvalue weighted by Crippen LogP contribution is 2.29. The van der Waals surface area contributed by atoms with Gasteiger partial charge in [-0.3, -0.25) is 5.10 Å². The molecule has 4 rings (SSSR count). The Balaban J connectivity index is 1.61. The van der Waals surface area contributed by atoms with Crippen LogP contribution >= 0.6 is 0 Å². The summed E-state index contributed by atoms with van der Waals surface area (Å²) in [5.74, 6) is 0.450. The Bertz CT molecular complexity index is 1100. The molecule has 0 aliphatic carbocycles. The molecule has 7 nitrogen and oxygen atoms in total. The molecule has 4 aromatic rings. The third kappa shape index (κ3) is 3.34. The Labute approximate surface area is 162 Å². The van der Waals surface area contributed by atoms with E-state index in [4.69, 9.17) is 4.74 Å². The second-order valence-corrected chi connectivity index (χ2v) is 6.48. The average molecular weight is 375 g/mol. The quantitative estimate of drug-likeness (QED) is 0.573. The summed E-state index contributed by atoms with van der Waals surface area (Å²) in [5.41, 5.74) is 3.67. The Kier molecular flexibility index (Phi) is 4.80. The number of nitrogens with zero attached hydrogens (tertiary/aromatic N) is 4. The van der Waals surface area contributed by atoms with Crippen LogP contribution in [0.5, 0.6) is 5.88 Å². The van der Waals surface area contributed by atoms with Crippen LogP contribution in [0.15, 0.2) is 60.9 Å². The van der Waals surface area contributed by atoms with E-state index < -0.39 is 0 Å². The predicted molar refractivity (Wildman–Crippen MR) is 107 cm³/mol. The lowest BCUT2D eigenvalue weighted by Crippen LogP contribution is -2.31. The number of amides is 1. The van der Waals surface area contributed by atoms with Gasteiger partial charge in [0.1, 0.15) is 0 Å². The van der Waals surface area contributed by atoms with Crippen molar-refractivity contribution in [3.05, 3.63) is 66.5 Å². The van der Waals surface area contributed by atoms with E-state index in [9.17, 15) is 4.79 Å². The fourth-order valence-corrected chi connectivity index (χ4v) is 3.18. The number of aromatic nitrogens is 4. The van der Waals surface area contributed by atoms with Crippen LogP contribution in [0.1, 0.15) is 12.5 Å². The number of hydrogen-bond acceptors (Lipinski definition) is 4. The van der Waals surface area contributed by atoms with Gasteiger partial charge in [0.15, 0.2) is 0 Å². The van der Waals surface area contributed by atoms with Crippen LogP contribution in [0.25, 0.3) is 22.0 Å². The van der Waals surface area contributed by atoms with E-state index >= 15 is 0 Å². The van der Waals surface area contributed by atoms with Crippen molar-refractivity contribution in [1.82, 2.24) is 24.9 Å². The largest absolute Gasteiger partial charge is 0.476 e. The third-order valence-corrected chi connectivity index (χ3v) is 4.54. The zero-order valence-corrected chi connectivity index (χ0v) is 15.8. The Morgan fingerprint density at radius 3 is 2.79 bits per heavy atom. The molecule has 0 aliphatic rings. The summed E-state index contributed by atoms with van der Waals surface area (Å²) < 4.78 is 6.99. The van der Waals surface area contributed by atoms with Crippen LogP contribution in [0.3, 0.4) is 0 Å². The molecule has 2 heterocycles. The molecule has 0 saturated carbocycles. The van der Waals surface area contributed by atoms with Crippen molar-refractivity contribution in [3.8, 4) is 17.0 Å². The summed E-state index contributed by atoms with van der Waals surface area (Å²) in [5, 5.41) is 12.5. The first-order valence-electron chi connectivity index (χ1n) is 9.11. The van der Waals surface area contributed by atoms with E-state index in [0.717, 1.165) is 27.6 Å². The van der Waals surface area contributed by atoms with E-state index in [-0.39, 0.29) is 6.03 Å². The van der Waals surface area contributed by atoms with Gasteiger partial charge in [-0.05, 0) is 18.1 Å². The van der Waals surface area contributed by atoms with E-state index in [2.05, 4.69) is 15.3 Å². The predicted octanol–water partition coefficient (Wildman–Crippen LogP) is 3.93. The molecule has 0 aliphatic heterocycles. The molecule has 142 valence electrons. The van der Waals surface area contributed by atoms with Gasteiger partial charge in [0.2, 0.25) is 5.88 Å². The van der Waals surface area contributed by atoms with E-state index in [0.29, 0.717) is 19.0 Å². The van der Waals surface area contributed by atoms with Gasteiger partial charge in [-0.25, -0.2) is 4.79 Å². The SMILES string of the molecule is CCOc1nn(C(=O)N(C)Cc2cccc3cn[nH]c23)cc1-c1ccccc1. The van der Waals surface area contributed by atoms with Crippen LogP contribution in [-0.4, -0.2) is 44.6 Å². The lowest BCUT2D eigenvalue weighted by Gasteiger charge is -2.17. The molecule has 2 aromatic heterocycles. The molecule has 1 amide bonds. The van der Waals surface area contributed by atoms with E-state index in [1.54, 1.807) is 24.3 Å². The maximum atomic E-state index is 13.0. The summed E-state index contributed by atoms with van der Waals surface area (Å²) in [7, 11) is 1.75. The number of para-hydroxylation sites is 1. The molecule has 0 spiro atoms. The highest BCUT2D eigenvalue weighted by atomic mass is 16.5. The number of benzene rings is 2. The number of H-pyrrole nitrogens is 1. The molecule has 0 bridgehead atoms. The van der Waals surface area contributed by atoms with Crippen molar-refractivity contribution in [2.45, 2.75) is 13.5 Å². The fourth-order valence-electron chi connectivity index (χ4n) is 3.18. The maximum absolute atomic E-state index is 13.0. The number of rotatable bonds is 5. The van der Waals surface area contributed by atoms with Crippen molar-refractivity contribution in [2.24, 2.45) is 0 Å². The van der Waals surface area contributed by atoms with Gasteiger partial charge in [0.25, 0.3) is 0 Å². The van der Waals surface area contributed by atoms with Gasteiger partial charge >= 0.3 is 6.03 Å². The van der Waals surface area contributed by atoms with Crippen LogP contribution < -0.4 is 4.74 Å². The molecule has 0 fully saturated rings. The summed E-state index contributed by atoms with van der Waals surface area (Å²) in [6, 6.07) is 15.5. The lowest BCUT2D eigenvalue weighted by atomic mass is 10.1. The van der Waals surface area contributed by atoms with Crippen molar-refractivity contribution >= 4 is 16.9 Å². The molecular weight excluding hydrogens is 354 g/mol. The normalized spacial score (nSPS) is 10.9. The maximum Gasteiger partial charge on any atom is 0.344 e. The minimum Gasteiger partial charge on any atom is -0.476 e. The summed E-state index contributed by atoms with van der Waals surface area (Å²) in [6.07, 6.45) is 3.49. The molecule has 0 atom stereocenters. The molecule has 0 unspecified atom stereocenters. The first-order valence-corrected chi connectivity index (χ1v) is 9.11. The molecule has 7 heteroatoms. The molecule has 28 heavy (non-hydrogen) atoms. The zero-order valence-electron chi connectivity index (χ0n) is 15.8. The number of fused-ring (bicyclic) bond motifs is 1. The monoisotopic (exact) mass is 375 g/mol. The topological polar surface area (TPSA) is 76.0 Å². The Morgan fingerprint density at radius 1 is 1.18 bits per heavy atom. The van der Waals surface area contributed by atoms with Gasteiger partial charge < -0.3 is 9.64 Å². The minimum atomic E-state index is -0.236. The summed E-state index contributed by atoms with van der Waals surface area (Å²) in [6.45, 7) is 2.80. The lowest BCUT2D eigenvalue weighted by molar-refractivity contribution is 0.204. The van der Waals surface area contributed by atoms with E-state index in [1.807, 2.05) is 55.5 Å². The standard InChI is InChI=1S/C21H21N5O2/c1-3-28-20-18(15-8-5-4-6-9-15)14-26(24-20)21(27)25(2)13-17-11-7-10-16-12-22-23-19(16)17/h4-12,14H,3,13H2,1-2H3,(H,22,23). The first kappa shape index (κ1) is 17.8. The number of carbonyl (C=O) groups excluding carboxylic acids is 1. The van der Waals surface area contributed by atoms with Crippen molar-refractivity contribution in [3.63, 3.8) is 0 Å². The fraction of sp³-hybridized carbons (Fsp3) is 0.190. The highest BCUT2D eigenvalue weighted by Gasteiger charge is 2.19. The molecule has 0 radical (unpaired) electrons. The van der Waals surface area contributed by atoms with Crippen LogP contribution in [-0.2, 0) is 6.54 Å².